The molecule has 17 heavy (non-hydrogen) atoms. The highest BCUT2D eigenvalue weighted by Gasteiger charge is 2.64. The van der Waals surface area contributed by atoms with Crippen LogP contribution in [-0.4, -0.2) is 24.3 Å². The summed E-state index contributed by atoms with van der Waals surface area (Å²) in [5, 5.41) is 9.59. The van der Waals surface area contributed by atoms with Crippen molar-refractivity contribution in [2.45, 2.75) is 24.7 Å². The predicted octanol–water partition coefficient (Wildman–Crippen LogP) is 3.03. The van der Waals surface area contributed by atoms with Gasteiger partial charge in [0.05, 0.1) is 27.8 Å². The van der Waals surface area contributed by atoms with Crippen LogP contribution in [-0.2, 0) is 14.9 Å². The molecule has 1 aliphatic heterocycles. The maximum atomic E-state index is 11.7. The van der Waals surface area contributed by atoms with Crippen LogP contribution in [0.3, 0.4) is 0 Å². The lowest BCUT2D eigenvalue weighted by atomic mass is 9.51. The Morgan fingerprint density at radius 3 is 2.41 bits per heavy atom. The van der Waals surface area contributed by atoms with Crippen molar-refractivity contribution in [2.24, 2.45) is 5.41 Å². The minimum Gasteiger partial charge on any atom is -0.481 e. The van der Waals surface area contributed by atoms with Gasteiger partial charge in [-0.15, -0.1) is 11.3 Å². The first-order valence-electron chi connectivity index (χ1n) is 5.68. The molecular formula is C12H13BrO3S. The van der Waals surface area contributed by atoms with Gasteiger partial charge in [-0.3, -0.25) is 4.79 Å². The SMILES string of the molecule is O=C(O)C1(C2(c3ccc(Br)s3)COC2)CCC1. The fourth-order valence-corrected chi connectivity index (χ4v) is 4.61. The van der Waals surface area contributed by atoms with Gasteiger partial charge >= 0.3 is 5.97 Å². The van der Waals surface area contributed by atoms with E-state index >= 15 is 0 Å². The summed E-state index contributed by atoms with van der Waals surface area (Å²) in [6.45, 7) is 1.10. The highest BCUT2D eigenvalue weighted by Crippen LogP contribution is 2.59. The van der Waals surface area contributed by atoms with Gasteiger partial charge in [0, 0.05) is 4.88 Å². The topological polar surface area (TPSA) is 46.5 Å². The lowest BCUT2D eigenvalue weighted by Gasteiger charge is -2.56. The third-order valence-corrected chi connectivity index (χ3v) is 6.10. The molecule has 0 aromatic carbocycles. The lowest BCUT2D eigenvalue weighted by Crippen LogP contribution is -2.64. The summed E-state index contributed by atoms with van der Waals surface area (Å²) in [7, 11) is 0. The fourth-order valence-electron chi connectivity index (χ4n) is 2.96. The Bertz CT molecular complexity index is 460. The second-order valence-corrected chi connectivity index (χ2v) is 7.38. The molecule has 2 fully saturated rings. The summed E-state index contributed by atoms with van der Waals surface area (Å²) in [4.78, 5) is 12.8. The number of aliphatic carboxylic acids is 1. The third-order valence-electron chi connectivity index (χ3n) is 4.27. The lowest BCUT2D eigenvalue weighted by molar-refractivity contribution is -0.191. The molecule has 0 radical (unpaired) electrons. The molecule has 1 aliphatic carbocycles. The van der Waals surface area contributed by atoms with Gasteiger partial charge in [-0.1, -0.05) is 6.42 Å². The molecule has 1 saturated heterocycles. The van der Waals surface area contributed by atoms with Crippen LogP contribution in [0.2, 0.25) is 0 Å². The second-order valence-electron chi connectivity index (χ2n) is 4.92. The standard InChI is InChI=1S/C12H13BrO3S/c13-9-3-2-8(17-9)12(6-16-7-12)11(10(14)15)4-1-5-11/h2-3H,1,4-7H2,(H,14,15). The number of hydrogen-bond donors (Lipinski definition) is 1. The molecule has 2 heterocycles. The number of hydrogen-bond acceptors (Lipinski definition) is 3. The highest BCUT2D eigenvalue weighted by atomic mass is 79.9. The molecule has 0 unspecified atom stereocenters. The number of carboxylic acids is 1. The fraction of sp³-hybridized carbons (Fsp3) is 0.583. The molecule has 0 atom stereocenters. The van der Waals surface area contributed by atoms with E-state index in [0.717, 1.165) is 27.9 Å². The quantitative estimate of drug-likeness (QED) is 0.932. The summed E-state index contributed by atoms with van der Waals surface area (Å²) in [6.07, 6.45) is 2.57. The molecule has 92 valence electrons. The molecule has 1 N–H and O–H groups in total. The number of rotatable bonds is 3. The van der Waals surface area contributed by atoms with Crippen LogP contribution in [0.25, 0.3) is 0 Å². The number of halogens is 1. The Hall–Kier alpha value is -0.390. The summed E-state index contributed by atoms with van der Waals surface area (Å²) in [6, 6.07) is 4.04. The van der Waals surface area contributed by atoms with Crippen molar-refractivity contribution in [3.05, 3.63) is 20.8 Å². The van der Waals surface area contributed by atoms with Crippen LogP contribution in [0.4, 0.5) is 0 Å². The van der Waals surface area contributed by atoms with Crippen molar-refractivity contribution in [3.8, 4) is 0 Å². The maximum absolute atomic E-state index is 11.7. The Kier molecular flexibility index (Phi) is 2.61. The van der Waals surface area contributed by atoms with Crippen LogP contribution in [0.1, 0.15) is 24.1 Å². The third kappa shape index (κ3) is 1.39. The second kappa shape index (κ2) is 3.80. The number of carbonyl (C=O) groups is 1. The van der Waals surface area contributed by atoms with Crippen molar-refractivity contribution in [1.82, 2.24) is 0 Å². The minimum atomic E-state index is -0.656. The molecule has 5 heteroatoms. The Morgan fingerprint density at radius 1 is 1.41 bits per heavy atom. The predicted molar refractivity (Wildman–Crippen MR) is 68.4 cm³/mol. The van der Waals surface area contributed by atoms with E-state index in [9.17, 15) is 9.90 Å². The molecule has 3 rings (SSSR count). The van der Waals surface area contributed by atoms with E-state index in [1.807, 2.05) is 12.1 Å². The molecule has 1 aromatic rings. The molecule has 0 bridgehead atoms. The molecular weight excluding hydrogens is 304 g/mol. The van der Waals surface area contributed by atoms with Crippen LogP contribution in [0.5, 0.6) is 0 Å². The first-order chi connectivity index (χ1) is 8.11. The summed E-state index contributed by atoms with van der Waals surface area (Å²) >= 11 is 5.09. The molecule has 0 spiro atoms. The van der Waals surface area contributed by atoms with Crippen molar-refractivity contribution in [2.75, 3.05) is 13.2 Å². The summed E-state index contributed by atoms with van der Waals surface area (Å²) in [5.74, 6) is -0.656. The van der Waals surface area contributed by atoms with Gasteiger partial charge < -0.3 is 9.84 Å². The van der Waals surface area contributed by atoms with Gasteiger partial charge in [-0.25, -0.2) is 0 Å². The zero-order chi connectivity index (χ0) is 12.1. The summed E-state index contributed by atoms with van der Waals surface area (Å²) < 4.78 is 6.42. The summed E-state index contributed by atoms with van der Waals surface area (Å²) in [5.41, 5.74) is -0.872. The minimum absolute atomic E-state index is 0.284. The van der Waals surface area contributed by atoms with Crippen LogP contribution < -0.4 is 0 Å². The number of ether oxygens (including phenoxy) is 1. The molecule has 1 saturated carbocycles. The van der Waals surface area contributed by atoms with Gasteiger partial charge in [0.15, 0.2) is 0 Å². The molecule has 3 nitrogen and oxygen atoms in total. The number of thiophene rings is 1. The van der Waals surface area contributed by atoms with Crippen LogP contribution in [0.15, 0.2) is 15.9 Å². The Labute approximate surface area is 112 Å². The van der Waals surface area contributed by atoms with E-state index in [1.165, 1.54) is 0 Å². The van der Waals surface area contributed by atoms with Gasteiger partial charge in [0.2, 0.25) is 0 Å². The van der Waals surface area contributed by atoms with Crippen LogP contribution >= 0.6 is 27.3 Å². The van der Waals surface area contributed by atoms with E-state index in [4.69, 9.17) is 4.74 Å². The van der Waals surface area contributed by atoms with E-state index in [-0.39, 0.29) is 5.41 Å². The average molecular weight is 317 g/mol. The maximum Gasteiger partial charge on any atom is 0.310 e. The van der Waals surface area contributed by atoms with Gasteiger partial charge in [-0.05, 0) is 40.9 Å². The van der Waals surface area contributed by atoms with Crippen molar-refractivity contribution in [1.29, 1.82) is 0 Å². The Balaban J connectivity index is 2.05. The van der Waals surface area contributed by atoms with E-state index in [2.05, 4.69) is 15.9 Å². The monoisotopic (exact) mass is 316 g/mol. The first kappa shape index (κ1) is 11.7. The highest BCUT2D eigenvalue weighted by molar-refractivity contribution is 9.11. The first-order valence-corrected chi connectivity index (χ1v) is 7.29. The van der Waals surface area contributed by atoms with Gasteiger partial charge in [0.1, 0.15) is 0 Å². The molecule has 2 aliphatic rings. The van der Waals surface area contributed by atoms with E-state index in [0.29, 0.717) is 13.2 Å². The largest absolute Gasteiger partial charge is 0.481 e. The van der Waals surface area contributed by atoms with Gasteiger partial charge in [0.25, 0.3) is 0 Å². The van der Waals surface area contributed by atoms with Crippen molar-refractivity contribution in [3.63, 3.8) is 0 Å². The zero-order valence-electron chi connectivity index (χ0n) is 9.24. The number of carboxylic acid groups (broad SMARTS) is 1. The van der Waals surface area contributed by atoms with Gasteiger partial charge in [-0.2, -0.15) is 0 Å². The van der Waals surface area contributed by atoms with E-state index < -0.39 is 11.4 Å². The zero-order valence-corrected chi connectivity index (χ0v) is 11.6. The molecule has 0 amide bonds. The Morgan fingerprint density at radius 2 is 2.12 bits per heavy atom. The average Bonchev–Trinajstić information content (AvgIpc) is 2.54. The molecule has 1 aromatic heterocycles. The van der Waals surface area contributed by atoms with Crippen molar-refractivity contribution >= 4 is 33.2 Å². The van der Waals surface area contributed by atoms with E-state index in [1.54, 1.807) is 11.3 Å². The normalized spacial score (nSPS) is 24.8. The van der Waals surface area contributed by atoms with Crippen molar-refractivity contribution < 1.29 is 14.6 Å². The smallest absolute Gasteiger partial charge is 0.310 e. The van der Waals surface area contributed by atoms with Crippen LogP contribution in [0, 0.1) is 5.41 Å².